The Morgan fingerprint density at radius 1 is 1.17 bits per heavy atom. The van der Waals surface area contributed by atoms with Gasteiger partial charge in [-0.1, -0.05) is 0 Å². The van der Waals surface area contributed by atoms with Gasteiger partial charge in [0.1, 0.15) is 17.6 Å². The first-order valence-corrected chi connectivity index (χ1v) is 8.23. The number of nitrogens with zero attached hydrogens (tertiary/aromatic N) is 2. The van der Waals surface area contributed by atoms with Crippen molar-refractivity contribution in [2.45, 2.75) is 25.3 Å². The van der Waals surface area contributed by atoms with Crippen molar-refractivity contribution < 1.29 is 18.4 Å². The maximum absolute atomic E-state index is 13.4. The second-order valence-electron chi connectivity index (χ2n) is 6.37. The third-order valence-electron chi connectivity index (χ3n) is 4.80. The lowest BCUT2D eigenvalue weighted by Crippen LogP contribution is -2.49. The zero-order chi connectivity index (χ0) is 17.3. The summed E-state index contributed by atoms with van der Waals surface area (Å²) in [5.74, 6) is -2.79. The molecule has 0 radical (unpaired) electrons. The van der Waals surface area contributed by atoms with Gasteiger partial charge in [-0.05, 0) is 38.4 Å². The molecule has 0 aliphatic carbocycles. The second-order valence-corrected chi connectivity index (χ2v) is 6.37. The van der Waals surface area contributed by atoms with Crippen molar-refractivity contribution in [3.8, 4) is 0 Å². The van der Waals surface area contributed by atoms with Crippen LogP contribution in [0, 0.1) is 17.6 Å². The van der Waals surface area contributed by atoms with Gasteiger partial charge in [0.2, 0.25) is 11.8 Å². The Bertz CT molecular complexity index is 632. The first-order valence-electron chi connectivity index (χ1n) is 8.23. The molecular weight excluding hydrogens is 316 g/mol. The maximum atomic E-state index is 13.4. The number of likely N-dealkylation sites (tertiary alicyclic amines) is 1. The van der Waals surface area contributed by atoms with Crippen LogP contribution in [0.1, 0.15) is 19.3 Å². The van der Waals surface area contributed by atoms with E-state index in [2.05, 4.69) is 5.32 Å². The predicted molar refractivity (Wildman–Crippen MR) is 85.5 cm³/mol. The highest BCUT2D eigenvalue weighted by Gasteiger charge is 2.40. The smallest absolute Gasteiger partial charge is 0.239 e. The SMILES string of the molecule is CNC1CCCN(C(=O)C2CCN(c3cc(F)cc(F)c3)C2=O)C1. The molecule has 2 aliphatic heterocycles. The van der Waals surface area contributed by atoms with Crippen molar-refractivity contribution in [2.75, 3.05) is 31.6 Å². The number of piperidine rings is 1. The number of likely N-dealkylation sites (N-methyl/N-ethyl adjacent to an activating group) is 1. The first kappa shape index (κ1) is 16.8. The fourth-order valence-corrected chi connectivity index (χ4v) is 3.49. The van der Waals surface area contributed by atoms with E-state index in [0.29, 0.717) is 26.1 Å². The maximum Gasteiger partial charge on any atom is 0.239 e. The second kappa shape index (κ2) is 6.84. The van der Waals surface area contributed by atoms with Crippen LogP contribution in [0.3, 0.4) is 0 Å². The van der Waals surface area contributed by atoms with Crippen LogP contribution in [-0.2, 0) is 9.59 Å². The van der Waals surface area contributed by atoms with Gasteiger partial charge in [-0.15, -0.1) is 0 Å². The molecule has 1 aromatic carbocycles. The van der Waals surface area contributed by atoms with E-state index in [1.54, 1.807) is 4.90 Å². The number of nitrogens with one attached hydrogen (secondary N) is 1. The van der Waals surface area contributed by atoms with Crippen molar-refractivity contribution in [3.63, 3.8) is 0 Å². The molecule has 2 heterocycles. The lowest BCUT2D eigenvalue weighted by molar-refractivity contribution is -0.140. The van der Waals surface area contributed by atoms with Gasteiger partial charge in [0.25, 0.3) is 0 Å². The van der Waals surface area contributed by atoms with E-state index in [9.17, 15) is 18.4 Å². The number of carbonyl (C=O) groups excluding carboxylic acids is 2. The van der Waals surface area contributed by atoms with Gasteiger partial charge in [0, 0.05) is 37.4 Å². The van der Waals surface area contributed by atoms with Crippen LogP contribution < -0.4 is 10.2 Å². The molecule has 2 fully saturated rings. The number of carbonyl (C=O) groups is 2. The van der Waals surface area contributed by atoms with E-state index in [4.69, 9.17) is 0 Å². The molecule has 2 aliphatic rings. The van der Waals surface area contributed by atoms with E-state index < -0.39 is 17.6 Å². The van der Waals surface area contributed by atoms with Gasteiger partial charge >= 0.3 is 0 Å². The first-order chi connectivity index (χ1) is 11.5. The summed E-state index contributed by atoms with van der Waals surface area (Å²) in [7, 11) is 1.86. The molecule has 3 rings (SSSR count). The highest BCUT2D eigenvalue weighted by Crippen LogP contribution is 2.28. The van der Waals surface area contributed by atoms with Crippen LogP contribution in [0.2, 0.25) is 0 Å². The Kier molecular flexibility index (Phi) is 4.80. The number of hydrogen-bond donors (Lipinski definition) is 1. The van der Waals surface area contributed by atoms with E-state index in [1.807, 2.05) is 7.05 Å². The molecule has 0 spiro atoms. The fraction of sp³-hybridized carbons (Fsp3) is 0.529. The van der Waals surface area contributed by atoms with Gasteiger partial charge in [-0.2, -0.15) is 0 Å². The standard InChI is InChI=1S/C17H21F2N3O2/c1-20-13-3-2-5-21(10-13)16(23)15-4-6-22(17(15)24)14-8-11(18)7-12(19)9-14/h7-9,13,15,20H,2-6,10H2,1H3. The molecule has 7 heteroatoms. The van der Waals surface area contributed by atoms with Gasteiger partial charge in [-0.25, -0.2) is 8.78 Å². The monoisotopic (exact) mass is 337 g/mol. The molecule has 130 valence electrons. The Labute approximate surface area is 139 Å². The molecule has 2 atom stereocenters. The zero-order valence-electron chi connectivity index (χ0n) is 13.6. The molecular formula is C17H21F2N3O2. The lowest BCUT2D eigenvalue weighted by Gasteiger charge is -2.33. The van der Waals surface area contributed by atoms with Crippen molar-refractivity contribution in [1.82, 2.24) is 10.2 Å². The molecule has 2 saturated heterocycles. The largest absolute Gasteiger partial charge is 0.340 e. The minimum Gasteiger partial charge on any atom is -0.340 e. The average Bonchev–Trinajstić information content (AvgIpc) is 2.95. The van der Waals surface area contributed by atoms with Crippen molar-refractivity contribution in [1.29, 1.82) is 0 Å². The van der Waals surface area contributed by atoms with E-state index in [0.717, 1.165) is 31.0 Å². The molecule has 0 saturated carbocycles. The van der Waals surface area contributed by atoms with Crippen LogP contribution in [0.25, 0.3) is 0 Å². The Morgan fingerprint density at radius 2 is 1.88 bits per heavy atom. The van der Waals surface area contributed by atoms with Crippen molar-refractivity contribution in [3.05, 3.63) is 29.8 Å². The molecule has 24 heavy (non-hydrogen) atoms. The molecule has 2 unspecified atom stereocenters. The molecule has 1 aromatic rings. The third kappa shape index (κ3) is 3.26. The average molecular weight is 337 g/mol. The van der Waals surface area contributed by atoms with Crippen LogP contribution in [0.5, 0.6) is 0 Å². The molecule has 2 amide bonds. The number of anilines is 1. The number of amides is 2. The summed E-state index contributed by atoms with van der Waals surface area (Å²) in [5, 5.41) is 3.17. The molecule has 0 bridgehead atoms. The number of benzene rings is 1. The highest BCUT2D eigenvalue weighted by molar-refractivity contribution is 6.09. The van der Waals surface area contributed by atoms with Crippen LogP contribution in [-0.4, -0.2) is 49.4 Å². The summed E-state index contributed by atoms with van der Waals surface area (Å²) in [6, 6.07) is 3.24. The Balaban J connectivity index is 1.72. The number of halogens is 2. The van der Waals surface area contributed by atoms with E-state index in [1.165, 1.54) is 4.90 Å². The topological polar surface area (TPSA) is 52.7 Å². The summed E-state index contributed by atoms with van der Waals surface area (Å²) in [4.78, 5) is 28.3. The summed E-state index contributed by atoms with van der Waals surface area (Å²) in [6.07, 6.45) is 2.28. The highest BCUT2D eigenvalue weighted by atomic mass is 19.1. The minimum absolute atomic E-state index is 0.166. The quantitative estimate of drug-likeness (QED) is 0.851. The fourth-order valence-electron chi connectivity index (χ4n) is 3.49. The van der Waals surface area contributed by atoms with Crippen LogP contribution >= 0.6 is 0 Å². The van der Waals surface area contributed by atoms with Gasteiger partial charge in [0.05, 0.1) is 0 Å². The van der Waals surface area contributed by atoms with Crippen LogP contribution in [0.15, 0.2) is 18.2 Å². The zero-order valence-corrected chi connectivity index (χ0v) is 13.6. The molecule has 0 aromatic heterocycles. The number of hydrogen-bond acceptors (Lipinski definition) is 3. The molecule has 5 nitrogen and oxygen atoms in total. The lowest BCUT2D eigenvalue weighted by atomic mass is 10.0. The van der Waals surface area contributed by atoms with Crippen LogP contribution in [0.4, 0.5) is 14.5 Å². The summed E-state index contributed by atoms with van der Waals surface area (Å²) in [5.41, 5.74) is 0.166. The summed E-state index contributed by atoms with van der Waals surface area (Å²) < 4.78 is 26.8. The number of rotatable bonds is 3. The summed E-state index contributed by atoms with van der Waals surface area (Å²) >= 11 is 0. The van der Waals surface area contributed by atoms with E-state index >= 15 is 0 Å². The van der Waals surface area contributed by atoms with Gasteiger partial charge in [-0.3, -0.25) is 9.59 Å². The summed E-state index contributed by atoms with van der Waals surface area (Å²) in [6.45, 7) is 1.53. The normalized spacial score (nSPS) is 24.5. The van der Waals surface area contributed by atoms with Gasteiger partial charge < -0.3 is 15.1 Å². The predicted octanol–water partition coefficient (Wildman–Crippen LogP) is 1.53. The van der Waals surface area contributed by atoms with Crippen molar-refractivity contribution >= 4 is 17.5 Å². The minimum atomic E-state index is -0.757. The Hall–Kier alpha value is -2.02. The third-order valence-corrected chi connectivity index (χ3v) is 4.80. The van der Waals surface area contributed by atoms with Gasteiger partial charge in [0.15, 0.2) is 0 Å². The van der Waals surface area contributed by atoms with E-state index in [-0.39, 0.29) is 23.5 Å². The molecule has 1 N–H and O–H groups in total. The Morgan fingerprint density at radius 3 is 2.54 bits per heavy atom. The van der Waals surface area contributed by atoms with Crippen molar-refractivity contribution in [2.24, 2.45) is 5.92 Å².